The van der Waals surface area contributed by atoms with Crippen LogP contribution in [0.1, 0.15) is 48.1 Å². The zero-order chi connectivity index (χ0) is 18.3. The molecule has 2 aromatic heterocycles. The van der Waals surface area contributed by atoms with E-state index in [1.54, 1.807) is 6.92 Å². The van der Waals surface area contributed by atoms with E-state index in [4.69, 9.17) is 8.94 Å². The van der Waals surface area contributed by atoms with Crippen molar-refractivity contribution in [3.63, 3.8) is 0 Å². The van der Waals surface area contributed by atoms with Gasteiger partial charge in [0.05, 0.1) is 18.8 Å². The molecule has 2 aromatic rings. The van der Waals surface area contributed by atoms with Crippen LogP contribution < -0.4 is 0 Å². The van der Waals surface area contributed by atoms with Crippen LogP contribution in [0, 0.1) is 26.2 Å². The SMILES string of the molecule is Cc1nnc(CN2CCC3(CC2)CC(=O)N(Cc2c(C)noc2C)C3)o1. The highest BCUT2D eigenvalue weighted by molar-refractivity contribution is 5.79. The fourth-order valence-electron chi connectivity index (χ4n) is 4.16. The van der Waals surface area contributed by atoms with Crippen LogP contribution in [0.2, 0.25) is 0 Å². The topological polar surface area (TPSA) is 88.5 Å². The highest BCUT2D eigenvalue weighted by Gasteiger charge is 2.45. The lowest BCUT2D eigenvalue weighted by Crippen LogP contribution is -2.41. The summed E-state index contributed by atoms with van der Waals surface area (Å²) in [6.45, 7) is 9.66. The second-order valence-electron chi connectivity index (χ2n) is 7.72. The third-order valence-electron chi connectivity index (χ3n) is 5.78. The second-order valence-corrected chi connectivity index (χ2v) is 7.72. The average molecular weight is 359 g/mol. The lowest BCUT2D eigenvalue weighted by atomic mass is 9.77. The molecule has 2 aliphatic rings. The van der Waals surface area contributed by atoms with Gasteiger partial charge < -0.3 is 13.8 Å². The van der Waals surface area contributed by atoms with Crippen molar-refractivity contribution in [1.29, 1.82) is 0 Å². The third kappa shape index (κ3) is 3.25. The van der Waals surface area contributed by atoms with Crippen molar-refractivity contribution in [3.8, 4) is 0 Å². The first kappa shape index (κ1) is 17.2. The van der Waals surface area contributed by atoms with Crippen LogP contribution in [0.3, 0.4) is 0 Å². The molecule has 26 heavy (non-hydrogen) atoms. The van der Waals surface area contributed by atoms with Crippen LogP contribution >= 0.6 is 0 Å². The van der Waals surface area contributed by atoms with Crippen LogP contribution in [0.4, 0.5) is 0 Å². The van der Waals surface area contributed by atoms with Gasteiger partial charge in [0.25, 0.3) is 0 Å². The van der Waals surface area contributed by atoms with Gasteiger partial charge in [-0.25, -0.2) is 0 Å². The lowest BCUT2D eigenvalue weighted by Gasteiger charge is -2.38. The van der Waals surface area contributed by atoms with Crippen molar-refractivity contribution in [2.75, 3.05) is 19.6 Å². The van der Waals surface area contributed by atoms with Gasteiger partial charge in [-0.2, -0.15) is 0 Å². The van der Waals surface area contributed by atoms with Crippen molar-refractivity contribution in [2.45, 2.75) is 53.1 Å². The summed E-state index contributed by atoms with van der Waals surface area (Å²) < 4.78 is 10.7. The van der Waals surface area contributed by atoms with E-state index in [2.05, 4.69) is 20.3 Å². The molecule has 0 atom stereocenters. The minimum Gasteiger partial charge on any atom is -0.424 e. The Morgan fingerprint density at radius 1 is 1.12 bits per heavy atom. The Balaban J connectivity index is 1.36. The predicted molar refractivity (Wildman–Crippen MR) is 92.0 cm³/mol. The summed E-state index contributed by atoms with van der Waals surface area (Å²) in [6.07, 6.45) is 2.68. The Bertz CT molecular complexity index is 784. The first-order valence-corrected chi connectivity index (χ1v) is 9.15. The second kappa shape index (κ2) is 6.50. The van der Waals surface area contributed by atoms with Gasteiger partial charge >= 0.3 is 0 Å². The number of aryl methyl sites for hydroxylation is 3. The Morgan fingerprint density at radius 2 is 1.88 bits per heavy atom. The van der Waals surface area contributed by atoms with Crippen molar-refractivity contribution in [1.82, 2.24) is 25.2 Å². The van der Waals surface area contributed by atoms with Gasteiger partial charge in [0.2, 0.25) is 17.7 Å². The molecule has 0 saturated carbocycles. The van der Waals surface area contributed by atoms with Gasteiger partial charge in [-0.3, -0.25) is 9.69 Å². The molecule has 0 radical (unpaired) electrons. The summed E-state index contributed by atoms with van der Waals surface area (Å²) in [5.41, 5.74) is 2.01. The number of nitrogens with zero attached hydrogens (tertiary/aromatic N) is 5. The molecule has 0 N–H and O–H groups in total. The van der Waals surface area contributed by atoms with E-state index in [-0.39, 0.29) is 11.3 Å². The highest BCUT2D eigenvalue weighted by atomic mass is 16.5. The van der Waals surface area contributed by atoms with Crippen LogP contribution in [0.15, 0.2) is 8.94 Å². The van der Waals surface area contributed by atoms with Crippen molar-refractivity contribution < 1.29 is 13.7 Å². The van der Waals surface area contributed by atoms with Crippen molar-refractivity contribution in [3.05, 3.63) is 28.8 Å². The minimum absolute atomic E-state index is 0.0946. The smallest absolute Gasteiger partial charge is 0.230 e. The lowest BCUT2D eigenvalue weighted by molar-refractivity contribution is -0.128. The molecule has 8 nitrogen and oxygen atoms in total. The summed E-state index contributed by atoms with van der Waals surface area (Å²) in [5, 5.41) is 12.0. The summed E-state index contributed by atoms with van der Waals surface area (Å²) in [6, 6.07) is 0. The summed E-state index contributed by atoms with van der Waals surface area (Å²) >= 11 is 0. The Hall–Kier alpha value is -2.22. The summed E-state index contributed by atoms with van der Waals surface area (Å²) in [5.74, 6) is 2.32. The largest absolute Gasteiger partial charge is 0.424 e. The minimum atomic E-state index is 0.0946. The van der Waals surface area contributed by atoms with Gasteiger partial charge in [0.15, 0.2) is 0 Å². The summed E-state index contributed by atoms with van der Waals surface area (Å²) in [4.78, 5) is 16.9. The summed E-state index contributed by atoms with van der Waals surface area (Å²) in [7, 11) is 0. The van der Waals surface area contributed by atoms with E-state index in [0.717, 1.165) is 49.5 Å². The van der Waals surface area contributed by atoms with E-state index < -0.39 is 0 Å². The first-order chi connectivity index (χ1) is 12.4. The quantitative estimate of drug-likeness (QED) is 0.825. The number of rotatable bonds is 4. The zero-order valence-electron chi connectivity index (χ0n) is 15.6. The molecule has 1 amide bonds. The normalized spacial score (nSPS) is 20.4. The van der Waals surface area contributed by atoms with E-state index in [0.29, 0.717) is 31.3 Å². The van der Waals surface area contributed by atoms with Crippen molar-refractivity contribution in [2.24, 2.45) is 5.41 Å². The van der Waals surface area contributed by atoms with Gasteiger partial charge in [0, 0.05) is 25.5 Å². The molecular weight excluding hydrogens is 334 g/mol. The maximum atomic E-state index is 12.6. The highest BCUT2D eigenvalue weighted by Crippen LogP contribution is 2.42. The Morgan fingerprint density at radius 3 is 2.50 bits per heavy atom. The molecule has 2 saturated heterocycles. The average Bonchev–Trinajstić information content (AvgIpc) is 3.25. The van der Waals surface area contributed by atoms with Gasteiger partial charge in [0.1, 0.15) is 5.76 Å². The van der Waals surface area contributed by atoms with E-state index in [1.807, 2.05) is 18.7 Å². The van der Waals surface area contributed by atoms with E-state index >= 15 is 0 Å². The fraction of sp³-hybridized carbons (Fsp3) is 0.667. The number of piperidine rings is 1. The fourth-order valence-corrected chi connectivity index (χ4v) is 4.16. The van der Waals surface area contributed by atoms with Crippen molar-refractivity contribution >= 4 is 5.91 Å². The number of amides is 1. The molecule has 4 rings (SSSR count). The molecular formula is C18H25N5O3. The molecule has 0 aliphatic carbocycles. The van der Waals surface area contributed by atoms with Gasteiger partial charge in [-0.1, -0.05) is 5.16 Å². The van der Waals surface area contributed by atoms with Gasteiger partial charge in [-0.15, -0.1) is 10.2 Å². The maximum Gasteiger partial charge on any atom is 0.230 e. The molecule has 2 fully saturated rings. The molecule has 8 heteroatoms. The number of carbonyl (C=O) groups is 1. The number of hydrogen-bond acceptors (Lipinski definition) is 7. The van der Waals surface area contributed by atoms with Crippen LogP contribution in [0.25, 0.3) is 0 Å². The molecule has 2 aliphatic heterocycles. The third-order valence-corrected chi connectivity index (χ3v) is 5.78. The molecule has 140 valence electrons. The van der Waals surface area contributed by atoms with Crippen LogP contribution in [0.5, 0.6) is 0 Å². The number of likely N-dealkylation sites (tertiary alicyclic amines) is 2. The molecule has 0 unspecified atom stereocenters. The maximum absolute atomic E-state index is 12.6. The molecule has 0 aromatic carbocycles. The monoisotopic (exact) mass is 359 g/mol. The number of hydrogen-bond donors (Lipinski definition) is 0. The first-order valence-electron chi connectivity index (χ1n) is 9.15. The number of carbonyl (C=O) groups excluding carboxylic acids is 1. The van der Waals surface area contributed by atoms with E-state index in [1.165, 1.54) is 0 Å². The van der Waals surface area contributed by atoms with E-state index in [9.17, 15) is 4.79 Å². The molecule has 0 bridgehead atoms. The van der Waals surface area contributed by atoms with Gasteiger partial charge in [-0.05, 0) is 45.2 Å². The van der Waals surface area contributed by atoms with Crippen LogP contribution in [-0.4, -0.2) is 50.7 Å². The standard InChI is InChI=1S/C18H25N5O3/c1-12-15(13(2)26-21-12)9-23-11-18(8-17(23)24)4-6-22(7-5-18)10-16-20-19-14(3)25-16/h4-11H2,1-3H3. The predicted octanol–water partition coefficient (Wildman–Crippen LogP) is 2.00. The number of aromatic nitrogens is 3. The molecule has 1 spiro atoms. The van der Waals surface area contributed by atoms with Crippen LogP contribution in [-0.2, 0) is 17.9 Å². The molecule has 4 heterocycles. The Kier molecular flexibility index (Phi) is 4.30. The Labute approximate surface area is 152 Å². The zero-order valence-corrected chi connectivity index (χ0v) is 15.6.